The van der Waals surface area contributed by atoms with Crippen LogP contribution >= 0.6 is 0 Å². The van der Waals surface area contributed by atoms with Crippen molar-refractivity contribution in [3.05, 3.63) is 59.3 Å². The highest BCUT2D eigenvalue weighted by Gasteiger charge is 2.81. The van der Waals surface area contributed by atoms with Crippen molar-refractivity contribution in [3.63, 3.8) is 0 Å². The molecule has 0 aromatic rings. The van der Waals surface area contributed by atoms with E-state index in [2.05, 4.69) is 58.1 Å². The third-order valence-corrected chi connectivity index (χ3v) is 16.2. The van der Waals surface area contributed by atoms with Gasteiger partial charge < -0.3 is 14.9 Å². The fourth-order valence-electron chi connectivity index (χ4n) is 13.1. The van der Waals surface area contributed by atoms with Crippen molar-refractivity contribution in [1.29, 1.82) is 0 Å². The molecule has 14 atom stereocenters. The van der Waals surface area contributed by atoms with Gasteiger partial charge in [0, 0.05) is 23.7 Å². The van der Waals surface area contributed by atoms with Crippen LogP contribution < -0.4 is 0 Å². The minimum Gasteiger partial charge on any atom is -0.392 e. The lowest BCUT2D eigenvalue weighted by molar-refractivity contribution is -0.156. The molecule has 9 rings (SSSR count). The Hall–Kier alpha value is -2.74. The van der Waals surface area contributed by atoms with Crippen LogP contribution in [-0.2, 0) is 23.9 Å². The maximum Gasteiger partial charge on any atom is 0.164 e. The molecular weight excluding hydrogens is 616 g/mol. The van der Waals surface area contributed by atoms with Crippen molar-refractivity contribution in [2.45, 2.75) is 117 Å². The smallest absolute Gasteiger partial charge is 0.164 e. The maximum atomic E-state index is 12.4. The van der Waals surface area contributed by atoms with Gasteiger partial charge in [0.25, 0.3) is 0 Å². The number of aliphatic hydroxyl groups is 2. The number of allylic oxidation sites excluding steroid dienone is 9. The number of aliphatic hydroxyl groups excluding tert-OH is 2. The summed E-state index contributed by atoms with van der Waals surface area (Å²) in [5.74, 6) is 2.49. The minimum atomic E-state index is -0.768. The number of epoxide rings is 1. The first kappa shape index (κ1) is 33.4. The summed E-state index contributed by atoms with van der Waals surface area (Å²) >= 11 is 0. The topological polar surface area (TPSA) is 121 Å². The van der Waals surface area contributed by atoms with Gasteiger partial charge in [0.05, 0.1) is 18.3 Å². The highest BCUT2D eigenvalue weighted by atomic mass is 16.6. The normalized spacial score (nSPS) is 51.2. The average molecular weight is 669 g/mol. The predicted molar refractivity (Wildman–Crippen MR) is 184 cm³/mol. The van der Waals surface area contributed by atoms with Gasteiger partial charge in [0.1, 0.15) is 0 Å². The van der Waals surface area contributed by atoms with E-state index in [-0.39, 0.29) is 51.9 Å². The first-order valence-electron chi connectivity index (χ1n) is 18.7. The van der Waals surface area contributed by atoms with Crippen LogP contribution in [0.5, 0.6) is 0 Å². The number of rotatable bonds is 2. The molecular formula is C42H52O7. The van der Waals surface area contributed by atoms with E-state index >= 15 is 0 Å². The first-order chi connectivity index (χ1) is 23.0. The monoisotopic (exact) mass is 668 g/mol. The Bertz CT molecular complexity index is 1710. The Kier molecular flexibility index (Phi) is 7.26. The summed E-state index contributed by atoms with van der Waals surface area (Å²) in [5.41, 5.74) is 1.29. The summed E-state index contributed by atoms with van der Waals surface area (Å²) in [5, 5.41) is 22.3. The van der Waals surface area contributed by atoms with Crippen LogP contribution in [-0.4, -0.2) is 57.3 Å². The summed E-state index contributed by atoms with van der Waals surface area (Å²) in [6.07, 6.45) is 19.4. The lowest BCUT2D eigenvalue weighted by atomic mass is 9.47. The van der Waals surface area contributed by atoms with Gasteiger partial charge in [-0.15, -0.1) is 0 Å². The van der Waals surface area contributed by atoms with Crippen LogP contribution in [0.1, 0.15) is 92.9 Å². The Morgan fingerprint density at radius 1 is 0.755 bits per heavy atom. The van der Waals surface area contributed by atoms with E-state index in [1.54, 1.807) is 13.8 Å². The fraction of sp³-hybridized carbons (Fsp3) is 0.667. The van der Waals surface area contributed by atoms with E-state index in [4.69, 9.17) is 4.74 Å². The molecule has 3 saturated carbocycles. The third kappa shape index (κ3) is 4.19. The standard InChI is InChI=1S/C21H26O4.C21H26O3/c1-11(22)21-18(25-21)10-16-14-5-4-12-8-13(23)6-7-19(12,2)15(14)9-17(24)20(16,21)3;1-12(22)16-6-7-17-15-5-4-13-10-14(23)8-9-20(13,2)18(15)11-19(24)21(16,17)3/h4-5,8,14-18,24H,6-7,9-10H2,1-3H3;4-6,10,15,17-19,24H,7-9,11H2,1-3H3/t14-,15+,16+,17-,18?,19+,20-,21+;15-,17-,18-,19+,20-,21+/m10/s1. The van der Waals surface area contributed by atoms with Gasteiger partial charge >= 0.3 is 0 Å². The Morgan fingerprint density at radius 2 is 1.29 bits per heavy atom. The summed E-state index contributed by atoms with van der Waals surface area (Å²) < 4.78 is 5.88. The van der Waals surface area contributed by atoms with Crippen LogP contribution in [0.4, 0.5) is 0 Å². The molecule has 0 spiro atoms. The summed E-state index contributed by atoms with van der Waals surface area (Å²) in [6, 6.07) is 0. The first-order valence-corrected chi connectivity index (χ1v) is 18.7. The zero-order valence-corrected chi connectivity index (χ0v) is 29.8. The van der Waals surface area contributed by atoms with Gasteiger partial charge in [-0.1, -0.05) is 58.1 Å². The second-order valence-electron chi connectivity index (χ2n) is 17.9. The largest absolute Gasteiger partial charge is 0.392 e. The molecule has 1 saturated heterocycles. The van der Waals surface area contributed by atoms with Crippen LogP contribution in [0.25, 0.3) is 0 Å². The number of carbonyl (C=O) groups excluding carboxylic acids is 4. The molecule has 0 amide bonds. The second-order valence-corrected chi connectivity index (χ2v) is 17.9. The second kappa shape index (κ2) is 10.6. The van der Waals surface area contributed by atoms with Crippen molar-refractivity contribution in [2.24, 2.45) is 57.2 Å². The number of hydrogen-bond acceptors (Lipinski definition) is 7. The van der Waals surface area contributed by atoms with Gasteiger partial charge in [-0.2, -0.15) is 0 Å². The summed E-state index contributed by atoms with van der Waals surface area (Å²) in [7, 11) is 0. The molecule has 4 fully saturated rings. The Balaban J connectivity index is 0.000000142. The molecule has 0 radical (unpaired) electrons. The van der Waals surface area contributed by atoms with Gasteiger partial charge in [-0.05, 0) is 128 Å². The van der Waals surface area contributed by atoms with E-state index in [1.807, 2.05) is 12.2 Å². The lowest BCUT2D eigenvalue weighted by Gasteiger charge is -2.58. The van der Waals surface area contributed by atoms with E-state index in [0.29, 0.717) is 49.4 Å². The molecule has 2 N–H and O–H groups in total. The van der Waals surface area contributed by atoms with Crippen molar-refractivity contribution >= 4 is 23.1 Å². The molecule has 0 aromatic heterocycles. The van der Waals surface area contributed by atoms with Crippen LogP contribution in [0.15, 0.2) is 59.3 Å². The van der Waals surface area contributed by atoms with E-state index < -0.39 is 28.6 Å². The van der Waals surface area contributed by atoms with Gasteiger partial charge in [-0.3, -0.25) is 19.2 Å². The molecule has 1 aliphatic heterocycles. The van der Waals surface area contributed by atoms with Gasteiger partial charge in [-0.25, -0.2) is 0 Å². The zero-order valence-electron chi connectivity index (χ0n) is 29.8. The van der Waals surface area contributed by atoms with Gasteiger partial charge in [0.15, 0.2) is 28.7 Å². The van der Waals surface area contributed by atoms with Gasteiger partial charge in [0.2, 0.25) is 0 Å². The molecule has 1 unspecified atom stereocenters. The van der Waals surface area contributed by atoms with Crippen molar-refractivity contribution in [3.8, 4) is 0 Å². The third-order valence-electron chi connectivity index (χ3n) is 16.2. The Labute approximate surface area is 290 Å². The molecule has 7 nitrogen and oxygen atoms in total. The quantitative estimate of drug-likeness (QED) is 0.347. The van der Waals surface area contributed by atoms with E-state index in [0.717, 1.165) is 42.4 Å². The molecule has 0 aromatic carbocycles. The summed E-state index contributed by atoms with van der Waals surface area (Å²) in [4.78, 5) is 48.2. The van der Waals surface area contributed by atoms with Crippen LogP contribution in [0.2, 0.25) is 0 Å². The van der Waals surface area contributed by atoms with Crippen LogP contribution in [0, 0.1) is 57.2 Å². The predicted octanol–water partition coefficient (Wildman–Crippen LogP) is 5.99. The van der Waals surface area contributed by atoms with Crippen molar-refractivity contribution < 1.29 is 34.1 Å². The molecule has 7 heteroatoms. The van der Waals surface area contributed by atoms with Crippen LogP contribution in [0.3, 0.4) is 0 Å². The highest BCUT2D eigenvalue weighted by Crippen LogP contribution is 2.73. The average Bonchev–Trinajstić information content (AvgIpc) is 3.58. The number of ketones is 4. The van der Waals surface area contributed by atoms with E-state index in [1.165, 1.54) is 0 Å². The number of hydrogen-bond donors (Lipinski definition) is 2. The molecule has 1 heterocycles. The van der Waals surface area contributed by atoms with E-state index in [9.17, 15) is 29.4 Å². The SMILES string of the molecule is CC(=O)C1=CC[C@H]2[C@@H]3C=CC4=CC(=O)CC[C@]4(C)[C@H]3C[C@@H](O)[C@]12C.CC(=O)[C@]12OC1C[C@H]1[C@@H]3C=CC4=CC(=O)CC[C@]4(C)[C@H]3C[C@@H](O)[C@@]12C. The Morgan fingerprint density at radius 3 is 1.82 bits per heavy atom. The number of Topliss-reactive ketones (excluding diaryl/α,β-unsaturated/α-hetero) is 2. The lowest BCUT2D eigenvalue weighted by Crippen LogP contribution is -2.60. The highest BCUT2D eigenvalue weighted by molar-refractivity contribution is 5.96. The van der Waals surface area contributed by atoms with Crippen molar-refractivity contribution in [1.82, 2.24) is 0 Å². The maximum absolute atomic E-state index is 12.4. The molecule has 49 heavy (non-hydrogen) atoms. The molecule has 8 aliphatic carbocycles. The van der Waals surface area contributed by atoms with Crippen molar-refractivity contribution in [2.75, 3.05) is 0 Å². The number of fused-ring (bicyclic) bond motifs is 12. The number of ether oxygens (including phenoxy) is 1. The molecule has 262 valence electrons. The molecule has 9 aliphatic rings. The molecule has 0 bridgehead atoms. The summed E-state index contributed by atoms with van der Waals surface area (Å²) in [6.45, 7) is 11.9. The fourth-order valence-corrected chi connectivity index (χ4v) is 13.1. The minimum absolute atomic E-state index is 0.0283. The zero-order chi connectivity index (χ0) is 35.1. The number of carbonyl (C=O) groups is 4.